The fraction of sp³-hybridized carbons (Fsp3) is 0.280. The molecule has 3 aromatic carbocycles. The first kappa shape index (κ1) is 17.5. The zero-order valence-corrected chi connectivity index (χ0v) is 15.5. The van der Waals surface area contributed by atoms with E-state index in [0.29, 0.717) is 0 Å². The van der Waals surface area contributed by atoms with Crippen LogP contribution in [0.2, 0.25) is 0 Å². The molecule has 0 atom stereocenters. The van der Waals surface area contributed by atoms with Crippen molar-refractivity contribution in [2.75, 3.05) is 0 Å². The fourth-order valence-electron chi connectivity index (χ4n) is 3.23. The highest BCUT2D eigenvalue weighted by Gasteiger charge is 2.01. The molecule has 0 amide bonds. The summed E-state index contributed by atoms with van der Waals surface area (Å²) in [5.74, 6) is 0. The van der Waals surface area contributed by atoms with Crippen molar-refractivity contribution in [2.45, 2.75) is 46.0 Å². The smallest absolute Gasteiger partial charge is 0.0184 e. The van der Waals surface area contributed by atoms with Gasteiger partial charge in [-0.05, 0) is 52.6 Å². The van der Waals surface area contributed by atoms with Gasteiger partial charge in [-0.15, -0.1) is 0 Å². The molecule has 0 bridgehead atoms. The summed E-state index contributed by atoms with van der Waals surface area (Å²) in [6.07, 6.45) is 6.18. The lowest BCUT2D eigenvalue weighted by molar-refractivity contribution is 0.717. The molecule has 0 heteroatoms. The summed E-state index contributed by atoms with van der Waals surface area (Å²) in [5, 5.41) is 0. The Balaban J connectivity index is 1.71. The van der Waals surface area contributed by atoms with Crippen LogP contribution in [0.5, 0.6) is 0 Å². The van der Waals surface area contributed by atoms with E-state index in [4.69, 9.17) is 0 Å². The van der Waals surface area contributed by atoms with Gasteiger partial charge in [0.2, 0.25) is 0 Å². The van der Waals surface area contributed by atoms with Crippen molar-refractivity contribution in [3.8, 4) is 22.3 Å². The Hall–Kier alpha value is -2.34. The maximum Gasteiger partial charge on any atom is -0.0184 e. The third-order valence-electron chi connectivity index (χ3n) is 4.94. The van der Waals surface area contributed by atoms with Crippen LogP contribution >= 0.6 is 0 Å². The molecule has 0 aromatic heterocycles. The lowest BCUT2D eigenvalue weighted by Crippen LogP contribution is -1.86. The largest absolute Gasteiger partial charge is 0.0654 e. The quantitative estimate of drug-likeness (QED) is 0.399. The highest BCUT2D eigenvalue weighted by atomic mass is 14.1. The van der Waals surface area contributed by atoms with Crippen LogP contribution < -0.4 is 0 Å². The Labute approximate surface area is 152 Å². The van der Waals surface area contributed by atoms with E-state index in [-0.39, 0.29) is 0 Å². The number of unbranched alkanes of at least 4 members (excludes halogenated alkanes) is 2. The molecule has 0 saturated heterocycles. The van der Waals surface area contributed by atoms with Gasteiger partial charge in [0.05, 0.1) is 0 Å². The van der Waals surface area contributed by atoms with Crippen molar-refractivity contribution in [1.29, 1.82) is 0 Å². The molecule has 0 aliphatic carbocycles. The van der Waals surface area contributed by atoms with Gasteiger partial charge in [-0.2, -0.15) is 0 Å². The molecular weight excluding hydrogens is 300 g/mol. The predicted octanol–water partition coefficient (Wildman–Crippen LogP) is 7.32. The number of benzene rings is 3. The van der Waals surface area contributed by atoms with E-state index in [1.807, 2.05) is 0 Å². The number of hydrogen-bond donors (Lipinski definition) is 0. The Kier molecular flexibility index (Phi) is 6.06. The van der Waals surface area contributed by atoms with Gasteiger partial charge in [-0.1, -0.05) is 99.5 Å². The third-order valence-corrected chi connectivity index (χ3v) is 4.94. The summed E-state index contributed by atoms with van der Waals surface area (Å²) in [7, 11) is 0. The van der Waals surface area contributed by atoms with Gasteiger partial charge < -0.3 is 0 Å². The summed E-state index contributed by atoms with van der Waals surface area (Å²) in [6, 6.07) is 26.9. The van der Waals surface area contributed by atoms with Gasteiger partial charge in [-0.25, -0.2) is 0 Å². The molecule has 0 spiro atoms. The SMILES string of the molecule is CCCCCc1ccc(-c2ccc(-c3ccc(CC)cc3)cc2)cc1. The van der Waals surface area contributed by atoms with Crippen molar-refractivity contribution in [1.82, 2.24) is 0 Å². The second kappa shape index (κ2) is 8.67. The maximum atomic E-state index is 2.28. The van der Waals surface area contributed by atoms with Gasteiger partial charge >= 0.3 is 0 Å². The molecule has 0 heterocycles. The van der Waals surface area contributed by atoms with Crippen molar-refractivity contribution < 1.29 is 0 Å². The standard InChI is InChI=1S/C25H28/c1-3-5-6-7-21-10-14-23(15-11-21)25-18-16-24(17-19-25)22-12-8-20(4-2)9-13-22/h8-19H,3-7H2,1-2H3. The second-order valence-electron chi connectivity index (χ2n) is 6.78. The van der Waals surface area contributed by atoms with Crippen molar-refractivity contribution in [3.63, 3.8) is 0 Å². The van der Waals surface area contributed by atoms with Crippen molar-refractivity contribution >= 4 is 0 Å². The summed E-state index contributed by atoms with van der Waals surface area (Å²) in [6.45, 7) is 4.45. The molecule has 0 radical (unpaired) electrons. The van der Waals surface area contributed by atoms with Gasteiger partial charge in [0.1, 0.15) is 0 Å². The number of aryl methyl sites for hydroxylation is 2. The van der Waals surface area contributed by atoms with Crippen LogP contribution in [-0.2, 0) is 12.8 Å². The summed E-state index contributed by atoms with van der Waals surface area (Å²) in [4.78, 5) is 0. The lowest BCUT2D eigenvalue weighted by Gasteiger charge is -2.07. The molecule has 0 aliphatic heterocycles. The summed E-state index contributed by atoms with van der Waals surface area (Å²) < 4.78 is 0. The highest BCUT2D eigenvalue weighted by Crippen LogP contribution is 2.25. The monoisotopic (exact) mass is 328 g/mol. The highest BCUT2D eigenvalue weighted by molar-refractivity contribution is 5.70. The van der Waals surface area contributed by atoms with Crippen LogP contribution in [0.4, 0.5) is 0 Å². The Morgan fingerprint density at radius 2 is 0.880 bits per heavy atom. The van der Waals surface area contributed by atoms with Gasteiger partial charge in [0, 0.05) is 0 Å². The zero-order valence-electron chi connectivity index (χ0n) is 15.5. The Morgan fingerprint density at radius 3 is 1.28 bits per heavy atom. The molecule has 0 unspecified atom stereocenters. The minimum Gasteiger partial charge on any atom is -0.0654 e. The van der Waals surface area contributed by atoms with Crippen LogP contribution in [-0.4, -0.2) is 0 Å². The van der Waals surface area contributed by atoms with Crippen molar-refractivity contribution in [2.24, 2.45) is 0 Å². The van der Waals surface area contributed by atoms with Crippen molar-refractivity contribution in [3.05, 3.63) is 83.9 Å². The second-order valence-corrected chi connectivity index (χ2v) is 6.78. The van der Waals surface area contributed by atoms with E-state index >= 15 is 0 Å². The molecule has 0 fully saturated rings. The minimum absolute atomic E-state index is 1.09. The van der Waals surface area contributed by atoms with Gasteiger partial charge in [0.25, 0.3) is 0 Å². The minimum atomic E-state index is 1.09. The molecule has 0 nitrogen and oxygen atoms in total. The topological polar surface area (TPSA) is 0 Å². The third kappa shape index (κ3) is 4.60. The lowest BCUT2D eigenvalue weighted by atomic mass is 9.98. The van der Waals surface area contributed by atoms with Crippen LogP contribution in [0, 0.1) is 0 Å². The molecule has 0 aliphatic rings. The van der Waals surface area contributed by atoms with E-state index in [9.17, 15) is 0 Å². The molecule has 0 saturated carbocycles. The Bertz CT molecular complexity index is 762. The Morgan fingerprint density at radius 1 is 0.480 bits per heavy atom. The van der Waals surface area contributed by atoms with E-state index < -0.39 is 0 Å². The predicted molar refractivity (Wildman–Crippen MR) is 110 cm³/mol. The first-order chi connectivity index (χ1) is 12.3. The van der Waals surface area contributed by atoms with E-state index in [2.05, 4.69) is 86.6 Å². The molecule has 25 heavy (non-hydrogen) atoms. The van der Waals surface area contributed by atoms with Crippen LogP contribution in [0.3, 0.4) is 0 Å². The zero-order chi connectivity index (χ0) is 17.5. The van der Waals surface area contributed by atoms with E-state index in [1.54, 1.807) is 0 Å². The van der Waals surface area contributed by atoms with Gasteiger partial charge in [-0.3, -0.25) is 0 Å². The summed E-state index contributed by atoms with van der Waals surface area (Å²) in [5.41, 5.74) is 7.99. The maximum absolute atomic E-state index is 2.28. The first-order valence-electron chi connectivity index (χ1n) is 9.59. The molecule has 128 valence electrons. The molecule has 3 rings (SSSR count). The molecular formula is C25H28. The molecule has 0 N–H and O–H groups in total. The average molecular weight is 328 g/mol. The van der Waals surface area contributed by atoms with E-state index in [1.165, 1.54) is 59.1 Å². The van der Waals surface area contributed by atoms with E-state index in [0.717, 1.165) is 6.42 Å². The normalized spacial score (nSPS) is 10.8. The van der Waals surface area contributed by atoms with Crippen LogP contribution in [0.1, 0.15) is 44.2 Å². The average Bonchev–Trinajstić information content (AvgIpc) is 2.69. The first-order valence-corrected chi connectivity index (χ1v) is 9.59. The number of rotatable bonds is 7. The molecule has 3 aromatic rings. The van der Waals surface area contributed by atoms with Gasteiger partial charge in [0.15, 0.2) is 0 Å². The van der Waals surface area contributed by atoms with Crippen LogP contribution in [0.15, 0.2) is 72.8 Å². The fourth-order valence-corrected chi connectivity index (χ4v) is 3.23. The van der Waals surface area contributed by atoms with Crippen LogP contribution in [0.25, 0.3) is 22.3 Å². The number of hydrogen-bond acceptors (Lipinski definition) is 0. The summed E-state index contributed by atoms with van der Waals surface area (Å²) >= 11 is 0.